The van der Waals surface area contributed by atoms with Gasteiger partial charge in [0.05, 0.1) is 5.30 Å². The average Bonchev–Trinajstić information content (AvgIpc) is 3.35. The van der Waals surface area contributed by atoms with Crippen LogP contribution in [0.1, 0.15) is 23.0 Å². The lowest BCUT2D eigenvalue weighted by Gasteiger charge is -2.17. The van der Waals surface area contributed by atoms with Crippen LogP contribution in [0.4, 0.5) is 0 Å². The molecule has 1 atom stereocenters. The van der Waals surface area contributed by atoms with Crippen LogP contribution in [-0.4, -0.2) is 12.2 Å². The highest BCUT2D eigenvalue weighted by atomic mass is 31.2. The van der Waals surface area contributed by atoms with Gasteiger partial charge in [-0.15, -0.1) is 0 Å². The number of rotatable bonds is 10. The van der Waals surface area contributed by atoms with Crippen molar-refractivity contribution in [2.75, 3.05) is 7.11 Å². The predicted molar refractivity (Wildman–Crippen MR) is 97.3 cm³/mol. The molecule has 1 N–H and O–H groups in total. The number of methoxy groups -OCH3 is 1. The van der Waals surface area contributed by atoms with E-state index in [1.165, 1.54) is 0 Å². The van der Waals surface area contributed by atoms with Gasteiger partial charge in [-0.2, -0.15) is 0 Å². The second-order valence-corrected chi connectivity index (χ2v) is 7.73. The Bertz CT molecular complexity index is 884. The standard InChI is InChI=1S/C19H21O7P/c1-22-12-16-9-10-18(26-16)14-24-27(21,19-5-3-2-4-6-19)23-13-17-8-7-15(11-20)25-17/h2-10,20H,11-14H2,1H3. The van der Waals surface area contributed by atoms with Gasteiger partial charge in [-0.1, -0.05) is 18.2 Å². The molecule has 27 heavy (non-hydrogen) atoms. The van der Waals surface area contributed by atoms with Crippen molar-refractivity contribution < 1.29 is 32.3 Å². The van der Waals surface area contributed by atoms with Gasteiger partial charge in [-0.25, -0.2) is 0 Å². The van der Waals surface area contributed by atoms with Crippen LogP contribution in [0.25, 0.3) is 0 Å². The number of benzene rings is 1. The Hall–Kier alpha value is -2.15. The quantitative estimate of drug-likeness (QED) is 0.525. The monoisotopic (exact) mass is 392 g/mol. The SMILES string of the molecule is COCc1ccc(COP(=O)(OCc2ccc(CO)o2)c2ccccc2)o1. The molecule has 2 aromatic heterocycles. The summed E-state index contributed by atoms with van der Waals surface area (Å²) in [5.41, 5.74) is 0. The van der Waals surface area contributed by atoms with Crippen molar-refractivity contribution in [1.29, 1.82) is 0 Å². The van der Waals surface area contributed by atoms with E-state index in [0.717, 1.165) is 0 Å². The summed E-state index contributed by atoms with van der Waals surface area (Å²) in [6.45, 7) is 0.0584. The van der Waals surface area contributed by atoms with E-state index < -0.39 is 7.60 Å². The number of hydrogen-bond acceptors (Lipinski definition) is 7. The highest BCUT2D eigenvalue weighted by molar-refractivity contribution is 7.62. The molecule has 0 saturated carbocycles. The summed E-state index contributed by atoms with van der Waals surface area (Å²) in [6, 6.07) is 15.5. The van der Waals surface area contributed by atoms with Crippen molar-refractivity contribution in [3.05, 3.63) is 77.6 Å². The number of aliphatic hydroxyl groups is 1. The second-order valence-electron chi connectivity index (χ2n) is 5.71. The van der Waals surface area contributed by atoms with E-state index >= 15 is 0 Å². The van der Waals surface area contributed by atoms with Crippen molar-refractivity contribution in [1.82, 2.24) is 0 Å². The first kappa shape index (κ1) is 19.6. The molecule has 0 aliphatic rings. The van der Waals surface area contributed by atoms with Gasteiger partial charge in [-0.3, -0.25) is 13.6 Å². The van der Waals surface area contributed by atoms with E-state index in [4.69, 9.17) is 27.7 Å². The van der Waals surface area contributed by atoms with Gasteiger partial charge in [0, 0.05) is 7.11 Å². The smallest absolute Gasteiger partial charge is 0.362 e. The fraction of sp³-hybridized carbons (Fsp3) is 0.263. The minimum absolute atomic E-state index is 0.0179. The first-order valence-electron chi connectivity index (χ1n) is 8.32. The van der Waals surface area contributed by atoms with Crippen molar-refractivity contribution in [2.24, 2.45) is 0 Å². The first-order chi connectivity index (χ1) is 13.1. The zero-order valence-corrected chi connectivity index (χ0v) is 15.8. The molecule has 0 aliphatic carbocycles. The van der Waals surface area contributed by atoms with Gasteiger partial charge in [0.25, 0.3) is 0 Å². The summed E-state index contributed by atoms with van der Waals surface area (Å²) in [5.74, 6) is 2.02. The normalized spacial score (nSPS) is 13.6. The number of aliphatic hydroxyl groups excluding tert-OH is 1. The molecule has 2 heterocycles. The Kier molecular flexibility index (Phi) is 6.66. The molecule has 0 bridgehead atoms. The Labute approximate surface area is 157 Å². The van der Waals surface area contributed by atoms with E-state index in [9.17, 15) is 4.57 Å². The Morgan fingerprint density at radius 3 is 1.85 bits per heavy atom. The molecular formula is C19H21O7P. The molecule has 0 amide bonds. The molecular weight excluding hydrogens is 371 g/mol. The number of furan rings is 2. The molecule has 3 rings (SSSR count). The minimum Gasteiger partial charge on any atom is -0.461 e. The topological polar surface area (TPSA) is 91.3 Å². The van der Waals surface area contributed by atoms with Crippen LogP contribution >= 0.6 is 7.60 Å². The second kappa shape index (κ2) is 9.17. The zero-order valence-electron chi connectivity index (χ0n) is 14.9. The van der Waals surface area contributed by atoms with Gasteiger partial charge in [0.1, 0.15) is 49.5 Å². The van der Waals surface area contributed by atoms with E-state index in [0.29, 0.717) is 35.0 Å². The summed E-state index contributed by atoms with van der Waals surface area (Å²) in [6.07, 6.45) is 0. The number of ether oxygens (including phenoxy) is 1. The van der Waals surface area contributed by atoms with Gasteiger partial charge >= 0.3 is 7.60 Å². The van der Waals surface area contributed by atoms with E-state index in [-0.39, 0.29) is 19.8 Å². The maximum atomic E-state index is 13.4. The van der Waals surface area contributed by atoms with Crippen molar-refractivity contribution in [2.45, 2.75) is 26.4 Å². The maximum absolute atomic E-state index is 13.4. The maximum Gasteiger partial charge on any atom is 0.362 e. The third kappa shape index (κ3) is 5.19. The lowest BCUT2D eigenvalue weighted by atomic mass is 10.4. The van der Waals surface area contributed by atoms with Crippen LogP contribution < -0.4 is 5.30 Å². The minimum atomic E-state index is -3.62. The molecule has 1 unspecified atom stereocenters. The molecule has 3 aromatic rings. The third-order valence-electron chi connectivity index (χ3n) is 3.70. The van der Waals surface area contributed by atoms with Crippen LogP contribution in [0, 0.1) is 0 Å². The third-order valence-corrected chi connectivity index (χ3v) is 5.57. The van der Waals surface area contributed by atoms with Crippen LogP contribution in [0.2, 0.25) is 0 Å². The van der Waals surface area contributed by atoms with Crippen LogP contribution in [0.5, 0.6) is 0 Å². The molecule has 0 saturated heterocycles. The average molecular weight is 392 g/mol. The van der Waals surface area contributed by atoms with Gasteiger partial charge in [0.15, 0.2) is 0 Å². The molecule has 8 heteroatoms. The van der Waals surface area contributed by atoms with Gasteiger partial charge in [0.2, 0.25) is 0 Å². The summed E-state index contributed by atoms with van der Waals surface area (Å²) < 4.78 is 40.6. The summed E-state index contributed by atoms with van der Waals surface area (Å²) >= 11 is 0. The highest BCUT2D eigenvalue weighted by Gasteiger charge is 2.28. The lowest BCUT2D eigenvalue weighted by Crippen LogP contribution is -2.10. The van der Waals surface area contributed by atoms with E-state index in [1.54, 1.807) is 55.6 Å². The summed E-state index contributed by atoms with van der Waals surface area (Å²) in [7, 11) is -2.05. The lowest BCUT2D eigenvalue weighted by molar-refractivity contribution is 0.152. The van der Waals surface area contributed by atoms with Gasteiger partial charge < -0.3 is 18.7 Å². The summed E-state index contributed by atoms with van der Waals surface area (Å²) in [4.78, 5) is 0. The fourth-order valence-corrected chi connectivity index (χ4v) is 3.90. The first-order valence-corrected chi connectivity index (χ1v) is 9.87. The molecule has 1 aromatic carbocycles. The van der Waals surface area contributed by atoms with E-state index in [1.807, 2.05) is 6.07 Å². The Morgan fingerprint density at radius 2 is 1.33 bits per heavy atom. The Balaban J connectivity index is 1.72. The van der Waals surface area contributed by atoms with Crippen LogP contribution in [0.15, 0.2) is 63.4 Å². The van der Waals surface area contributed by atoms with Crippen molar-refractivity contribution in [3.8, 4) is 0 Å². The van der Waals surface area contributed by atoms with Crippen molar-refractivity contribution in [3.63, 3.8) is 0 Å². The van der Waals surface area contributed by atoms with Crippen LogP contribution in [-0.2, 0) is 44.8 Å². The fourth-order valence-electron chi connectivity index (χ4n) is 2.40. The largest absolute Gasteiger partial charge is 0.461 e. The Morgan fingerprint density at radius 1 is 0.815 bits per heavy atom. The number of hydrogen-bond donors (Lipinski definition) is 1. The molecule has 0 fully saturated rings. The zero-order chi connectivity index (χ0) is 19.1. The van der Waals surface area contributed by atoms with Gasteiger partial charge in [-0.05, 0) is 36.4 Å². The molecule has 144 valence electrons. The molecule has 0 radical (unpaired) electrons. The predicted octanol–water partition coefficient (Wildman–Crippen LogP) is 3.76. The van der Waals surface area contributed by atoms with Crippen molar-refractivity contribution >= 4 is 12.9 Å². The van der Waals surface area contributed by atoms with Crippen LogP contribution in [0.3, 0.4) is 0 Å². The molecule has 7 nitrogen and oxygen atoms in total. The van der Waals surface area contributed by atoms with E-state index in [2.05, 4.69) is 0 Å². The highest BCUT2D eigenvalue weighted by Crippen LogP contribution is 2.48. The summed E-state index contributed by atoms with van der Waals surface area (Å²) in [5, 5.41) is 9.51. The molecule has 0 spiro atoms. The molecule has 0 aliphatic heterocycles.